The van der Waals surface area contributed by atoms with Gasteiger partial charge in [-0.15, -0.1) is 0 Å². The minimum Gasteiger partial charge on any atom is -0.339 e. The number of benzene rings is 1. The normalized spacial score (nSPS) is 23.5. The molecule has 0 spiro atoms. The van der Waals surface area contributed by atoms with E-state index in [-0.39, 0.29) is 5.91 Å². The van der Waals surface area contributed by atoms with Gasteiger partial charge in [0, 0.05) is 32.2 Å². The summed E-state index contributed by atoms with van der Waals surface area (Å²) in [7, 11) is -3.16. The van der Waals surface area contributed by atoms with Crippen LogP contribution < -0.4 is 0 Å². The third-order valence-corrected chi connectivity index (χ3v) is 6.25. The number of sulfonamides is 1. The SMILES string of the molecule is CS(=O)(=O)N1CCN(C(=O)CN2CCC[C@H]2c2ccccc2)CC1. The van der Waals surface area contributed by atoms with E-state index in [0.717, 1.165) is 19.4 Å². The molecule has 0 bridgehead atoms. The summed E-state index contributed by atoms with van der Waals surface area (Å²) in [6.07, 6.45) is 3.41. The first kappa shape index (κ1) is 17.4. The minimum atomic E-state index is -3.16. The largest absolute Gasteiger partial charge is 0.339 e. The van der Waals surface area contributed by atoms with Crippen molar-refractivity contribution in [2.45, 2.75) is 18.9 Å². The number of carbonyl (C=O) groups is 1. The van der Waals surface area contributed by atoms with Crippen LogP contribution in [0, 0.1) is 0 Å². The van der Waals surface area contributed by atoms with E-state index in [1.54, 1.807) is 4.90 Å². The molecule has 24 heavy (non-hydrogen) atoms. The number of hydrogen-bond donors (Lipinski definition) is 0. The molecular weight excluding hydrogens is 326 g/mol. The molecule has 7 heteroatoms. The van der Waals surface area contributed by atoms with Crippen LogP contribution >= 0.6 is 0 Å². The van der Waals surface area contributed by atoms with Crippen LogP contribution in [0.4, 0.5) is 0 Å². The molecule has 6 nitrogen and oxygen atoms in total. The molecule has 0 radical (unpaired) electrons. The number of amides is 1. The van der Waals surface area contributed by atoms with Crippen molar-refractivity contribution in [1.82, 2.24) is 14.1 Å². The fraction of sp³-hybridized carbons (Fsp3) is 0.588. The van der Waals surface area contributed by atoms with E-state index >= 15 is 0 Å². The first-order chi connectivity index (χ1) is 11.4. The molecular formula is C17H25N3O3S. The van der Waals surface area contributed by atoms with Gasteiger partial charge < -0.3 is 4.90 Å². The van der Waals surface area contributed by atoms with Crippen molar-refractivity contribution in [3.63, 3.8) is 0 Å². The van der Waals surface area contributed by atoms with Crippen molar-refractivity contribution >= 4 is 15.9 Å². The Morgan fingerprint density at radius 3 is 2.38 bits per heavy atom. The van der Waals surface area contributed by atoms with Crippen molar-refractivity contribution in [3.05, 3.63) is 35.9 Å². The molecule has 1 aromatic rings. The summed E-state index contributed by atoms with van der Waals surface area (Å²) in [6.45, 7) is 3.11. The molecule has 2 heterocycles. The van der Waals surface area contributed by atoms with Gasteiger partial charge in [0.15, 0.2) is 0 Å². The van der Waals surface area contributed by atoms with Gasteiger partial charge in [0.1, 0.15) is 0 Å². The average Bonchev–Trinajstić information content (AvgIpc) is 3.03. The summed E-state index contributed by atoms with van der Waals surface area (Å²) >= 11 is 0. The molecule has 1 aromatic carbocycles. The second-order valence-corrected chi connectivity index (χ2v) is 8.56. The van der Waals surface area contributed by atoms with Crippen LogP contribution in [0.1, 0.15) is 24.4 Å². The molecule has 2 fully saturated rings. The number of carbonyl (C=O) groups excluding carboxylic acids is 1. The Morgan fingerprint density at radius 2 is 1.75 bits per heavy atom. The topological polar surface area (TPSA) is 60.9 Å². The van der Waals surface area contributed by atoms with Crippen LogP contribution in [0.3, 0.4) is 0 Å². The quantitative estimate of drug-likeness (QED) is 0.810. The van der Waals surface area contributed by atoms with Crippen LogP contribution in [-0.2, 0) is 14.8 Å². The van der Waals surface area contributed by atoms with E-state index in [0.29, 0.717) is 38.8 Å². The Morgan fingerprint density at radius 1 is 1.08 bits per heavy atom. The highest BCUT2D eigenvalue weighted by Gasteiger charge is 2.31. The lowest BCUT2D eigenvalue weighted by atomic mass is 10.0. The average molecular weight is 351 g/mol. The zero-order valence-corrected chi connectivity index (χ0v) is 14.9. The Labute approximate surface area is 144 Å². The van der Waals surface area contributed by atoms with Gasteiger partial charge in [-0.25, -0.2) is 8.42 Å². The van der Waals surface area contributed by atoms with Crippen molar-refractivity contribution in [2.24, 2.45) is 0 Å². The lowest BCUT2D eigenvalue weighted by molar-refractivity contribution is -0.133. The van der Waals surface area contributed by atoms with Crippen LogP contribution in [0.15, 0.2) is 30.3 Å². The second-order valence-electron chi connectivity index (χ2n) is 6.58. The van der Waals surface area contributed by atoms with Crippen molar-refractivity contribution in [2.75, 3.05) is 45.5 Å². The third kappa shape index (κ3) is 3.96. The van der Waals surface area contributed by atoms with Gasteiger partial charge in [0.05, 0.1) is 12.8 Å². The number of hydrogen-bond acceptors (Lipinski definition) is 4. The number of nitrogens with zero attached hydrogens (tertiary/aromatic N) is 3. The maximum atomic E-state index is 12.6. The van der Waals surface area contributed by atoms with Gasteiger partial charge in [-0.1, -0.05) is 30.3 Å². The Balaban J connectivity index is 1.57. The number of rotatable bonds is 4. The van der Waals surface area contributed by atoms with Crippen LogP contribution in [-0.4, -0.2) is 74.0 Å². The monoisotopic (exact) mass is 351 g/mol. The maximum absolute atomic E-state index is 12.6. The van der Waals surface area contributed by atoms with Crippen molar-refractivity contribution < 1.29 is 13.2 Å². The molecule has 0 N–H and O–H groups in total. The van der Waals surface area contributed by atoms with Gasteiger partial charge >= 0.3 is 0 Å². The standard InChI is InChI=1S/C17H25N3O3S/c1-24(22,23)20-12-10-18(11-13-20)17(21)14-19-9-5-8-16(19)15-6-3-2-4-7-15/h2-4,6-7,16H,5,8-14H2,1H3/t16-/m0/s1. The fourth-order valence-electron chi connectivity index (χ4n) is 3.61. The predicted molar refractivity (Wildman–Crippen MR) is 93.0 cm³/mol. The van der Waals surface area contributed by atoms with E-state index in [9.17, 15) is 13.2 Å². The highest BCUT2D eigenvalue weighted by Crippen LogP contribution is 2.31. The smallest absolute Gasteiger partial charge is 0.236 e. The second kappa shape index (κ2) is 7.21. The van der Waals surface area contributed by atoms with E-state index in [1.807, 2.05) is 18.2 Å². The zero-order valence-electron chi connectivity index (χ0n) is 14.1. The molecule has 0 aliphatic carbocycles. The van der Waals surface area contributed by atoms with Crippen molar-refractivity contribution in [3.8, 4) is 0 Å². The van der Waals surface area contributed by atoms with E-state index in [1.165, 1.54) is 16.1 Å². The van der Waals surface area contributed by atoms with Gasteiger partial charge in [0.25, 0.3) is 0 Å². The van der Waals surface area contributed by atoms with Crippen molar-refractivity contribution in [1.29, 1.82) is 0 Å². The Bertz CT molecular complexity index is 670. The van der Waals surface area contributed by atoms with E-state index in [4.69, 9.17) is 0 Å². The van der Waals surface area contributed by atoms with E-state index < -0.39 is 10.0 Å². The maximum Gasteiger partial charge on any atom is 0.236 e. The third-order valence-electron chi connectivity index (χ3n) is 4.95. The summed E-state index contributed by atoms with van der Waals surface area (Å²) in [5, 5.41) is 0. The van der Waals surface area contributed by atoms with Crippen LogP contribution in [0.5, 0.6) is 0 Å². The molecule has 2 aliphatic rings. The van der Waals surface area contributed by atoms with Gasteiger partial charge in [-0.05, 0) is 24.9 Å². The van der Waals surface area contributed by atoms with E-state index in [2.05, 4.69) is 17.0 Å². The van der Waals surface area contributed by atoms with Gasteiger partial charge in [0.2, 0.25) is 15.9 Å². The lowest BCUT2D eigenvalue weighted by Crippen LogP contribution is -2.52. The molecule has 1 atom stereocenters. The molecule has 0 saturated carbocycles. The summed E-state index contributed by atoms with van der Waals surface area (Å²) in [4.78, 5) is 16.6. The minimum absolute atomic E-state index is 0.103. The first-order valence-electron chi connectivity index (χ1n) is 8.47. The molecule has 3 rings (SSSR count). The molecule has 2 aliphatic heterocycles. The molecule has 0 unspecified atom stereocenters. The predicted octanol–water partition coefficient (Wildman–Crippen LogP) is 0.927. The molecule has 2 saturated heterocycles. The van der Waals surface area contributed by atoms with Crippen LogP contribution in [0.2, 0.25) is 0 Å². The van der Waals surface area contributed by atoms with Gasteiger partial charge in [-0.3, -0.25) is 9.69 Å². The Kier molecular flexibility index (Phi) is 5.22. The number of piperazine rings is 1. The fourth-order valence-corrected chi connectivity index (χ4v) is 4.44. The number of likely N-dealkylation sites (tertiary alicyclic amines) is 1. The lowest BCUT2D eigenvalue weighted by Gasteiger charge is -2.35. The first-order valence-corrected chi connectivity index (χ1v) is 10.3. The summed E-state index contributed by atoms with van der Waals surface area (Å²) in [5.41, 5.74) is 1.27. The molecule has 1 amide bonds. The highest BCUT2D eigenvalue weighted by atomic mass is 32.2. The molecule has 0 aromatic heterocycles. The zero-order chi connectivity index (χ0) is 17.2. The van der Waals surface area contributed by atoms with Crippen LogP contribution in [0.25, 0.3) is 0 Å². The van der Waals surface area contributed by atoms with Gasteiger partial charge in [-0.2, -0.15) is 4.31 Å². The molecule has 132 valence electrons. The summed E-state index contributed by atoms with van der Waals surface area (Å²) < 4.78 is 24.6. The summed E-state index contributed by atoms with van der Waals surface area (Å²) in [5.74, 6) is 0.103. The summed E-state index contributed by atoms with van der Waals surface area (Å²) in [6, 6.07) is 10.6. The highest BCUT2D eigenvalue weighted by molar-refractivity contribution is 7.88. The Hall–Kier alpha value is -1.44.